The SMILES string of the molecule is O=S(=O)(OO)[C@H]1[C@H](O)C(O)O[C@@H]1C[S+]1C[C@@H](O)[C@H](O)[C@H]1CO. The van der Waals surface area contributed by atoms with Gasteiger partial charge in [0.05, 0.1) is 6.61 Å². The van der Waals surface area contributed by atoms with Crippen molar-refractivity contribution in [2.45, 2.75) is 41.2 Å². The third-order valence-electron chi connectivity index (χ3n) is 3.89. The van der Waals surface area contributed by atoms with Gasteiger partial charge in [0.1, 0.15) is 35.9 Å². The lowest BCUT2D eigenvalue weighted by molar-refractivity contribution is -0.133. The molecule has 130 valence electrons. The number of aliphatic hydroxyl groups excluding tert-OH is 5. The fourth-order valence-corrected chi connectivity index (χ4v) is 6.75. The van der Waals surface area contributed by atoms with Crippen molar-refractivity contribution in [1.82, 2.24) is 0 Å². The summed E-state index contributed by atoms with van der Waals surface area (Å²) >= 11 is 0. The van der Waals surface area contributed by atoms with Crippen molar-refractivity contribution in [3.8, 4) is 0 Å². The summed E-state index contributed by atoms with van der Waals surface area (Å²) in [5.41, 5.74) is 0. The Hall–Kier alpha value is -0.0200. The monoisotopic (exact) mass is 363 g/mol. The van der Waals surface area contributed by atoms with Crippen molar-refractivity contribution in [3.63, 3.8) is 0 Å². The highest BCUT2D eigenvalue weighted by atomic mass is 32.2. The molecule has 2 heterocycles. The van der Waals surface area contributed by atoms with E-state index >= 15 is 0 Å². The largest absolute Gasteiger partial charge is 0.391 e. The van der Waals surface area contributed by atoms with Crippen LogP contribution in [0.15, 0.2) is 0 Å². The fraction of sp³-hybridized carbons (Fsp3) is 1.00. The van der Waals surface area contributed by atoms with Gasteiger partial charge in [-0.3, -0.25) is 0 Å². The van der Waals surface area contributed by atoms with Crippen molar-refractivity contribution < 1.29 is 48.3 Å². The summed E-state index contributed by atoms with van der Waals surface area (Å²) in [7, 11) is -5.39. The van der Waals surface area contributed by atoms with Crippen molar-refractivity contribution >= 4 is 21.0 Å². The molecule has 0 aromatic rings. The van der Waals surface area contributed by atoms with Gasteiger partial charge in [-0.15, -0.1) is 4.33 Å². The van der Waals surface area contributed by atoms with Gasteiger partial charge in [-0.1, -0.05) is 0 Å². The first-order valence-electron chi connectivity index (χ1n) is 6.44. The molecule has 0 radical (unpaired) electrons. The second-order valence-corrected chi connectivity index (χ2v) is 9.26. The molecule has 10 nitrogen and oxygen atoms in total. The minimum Gasteiger partial charge on any atom is -0.391 e. The lowest BCUT2D eigenvalue weighted by atomic mass is 10.2. The summed E-state index contributed by atoms with van der Waals surface area (Å²) in [6.07, 6.45) is -6.99. The first kappa shape index (κ1) is 18.3. The van der Waals surface area contributed by atoms with Crippen molar-refractivity contribution in [3.05, 3.63) is 0 Å². The summed E-state index contributed by atoms with van der Waals surface area (Å²) < 4.78 is 31.7. The molecular formula is C10H19O10S2+. The maximum absolute atomic E-state index is 11.7. The molecule has 8 atom stereocenters. The molecule has 0 aromatic carbocycles. The standard InChI is InChI=1S/C10H18O10S2/c11-1-6-7(13)4(12)2-21(6)3-5-9(22(17,18)20-16)8(14)10(15)19-5/h4-15H,1-3H2/p+1/t4-,5-,6-,7+,8+,9-,10?,21?/m1/s1. The molecule has 0 aromatic heterocycles. The minimum absolute atomic E-state index is 0.0409. The second-order valence-electron chi connectivity index (χ2n) is 5.24. The van der Waals surface area contributed by atoms with Crippen LogP contribution >= 0.6 is 0 Å². The molecular weight excluding hydrogens is 344 g/mol. The zero-order valence-corrected chi connectivity index (χ0v) is 12.9. The first-order chi connectivity index (χ1) is 10.2. The Morgan fingerprint density at radius 2 is 1.82 bits per heavy atom. The van der Waals surface area contributed by atoms with Crippen LogP contribution in [0, 0.1) is 0 Å². The Balaban J connectivity index is 2.17. The van der Waals surface area contributed by atoms with E-state index < -0.39 is 68.8 Å². The zero-order chi connectivity index (χ0) is 16.7. The van der Waals surface area contributed by atoms with E-state index in [0.29, 0.717) is 0 Å². The Kier molecular flexibility index (Phi) is 5.70. The van der Waals surface area contributed by atoms with Crippen LogP contribution in [0.2, 0.25) is 0 Å². The van der Waals surface area contributed by atoms with Crippen LogP contribution in [0.25, 0.3) is 0 Å². The van der Waals surface area contributed by atoms with E-state index in [9.17, 15) is 34.0 Å². The van der Waals surface area contributed by atoms with Gasteiger partial charge in [-0.25, -0.2) is 5.26 Å². The first-order valence-corrected chi connectivity index (χ1v) is 9.54. The predicted octanol–water partition coefficient (Wildman–Crippen LogP) is -4.03. The molecule has 22 heavy (non-hydrogen) atoms. The van der Waals surface area contributed by atoms with E-state index in [0.717, 1.165) is 0 Å². The maximum Gasteiger partial charge on any atom is 0.301 e. The molecule has 2 aliphatic heterocycles. The summed E-state index contributed by atoms with van der Waals surface area (Å²) in [4.78, 5) is 0. The van der Waals surface area contributed by atoms with E-state index in [1.807, 2.05) is 0 Å². The Morgan fingerprint density at radius 1 is 1.18 bits per heavy atom. The molecule has 0 saturated carbocycles. The van der Waals surface area contributed by atoms with Crippen molar-refractivity contribution in [2.75, 3.05) is 18.1 Å². The van der Waals surface area contributed by atoms with Crippen molar-refractivity contribution in [1.29, 1.82) is 0 Å². The minimum atomic E-state index is -4.58. The fourth-order valence-electron chi connectivity index (χ4n) is 2.76. The van der Waals surface area contributed by atoms with E-state index in [4.69, 9.17) is 9.99 Å². The third-order valence-corrected chi connectivity index (χ3v) is 8.16. The molecule has 12 heteroatoms. The maximum atomic E-state index is 11.7. The summed E-state index contributed by atoms with van der Waals surface area (Å²) in [5.74, 6) is 0.0892. The molecule has 0 amide bonds. The number of aliphatic hydroxyl groups is 5. The van der Waals surface area contributed by atoms with Gasteiger partial charge in [0, 0.05) is 10.9 Å². The lowest BCUT2D eigenvalue weighted by Crippen LogP contribution is -2.44. The molecule has 0 bridgehead atoms. The van der Waals surface area contributed by atoms with Crippen LogP contribution in [-0.4, -0.2) is 98.5 Å². The Bertz CT molecular complexity index is 484. The average molecular weight is 363 g/mol. The summed E-state index contributed by atoms with van der Waals surface area (Å²) in [6, 6.07) is 0. The normalized spacial score (nSPS) is 46.3. The summed E-state index contributed by atoms with van der Waals surface area (Å²) in [5, 5.41) is 54.0. The van der Waals surface area contributed by atoms with E-state index in [1.165, 1.54) is 0 Å². The highest BCUT2D eigenvalue weighted by Crippen LogP contribution is 2.32. The van der Waals surface area contributed by atoms with Gasteiger partial charge in [-0.2, -0.15) is 8.42 Å². The van der Waals surface area contributed by atoms with Gasteiger partial charge in [0.15, 0.2) is 16.8 Å². The van der Waals surface area contributed by atoms with Gasteiger partial charge in [0.2, 0.25) is 0 Å². The number of hydrogen-bond donors (Lipinski definition) is 6. The van der Waals surface area contributed by atoms with Crippen LogP contribution in [0.4, 0.5) is 0 Å². The molecule has 2 rings (SSSR count). The van der Waals surface area contributed by atoms with Crippen LogP contribution in [0.3, 0.4) is 0 Å². The van der Waals surface area contributed by atoms with E-state index in [-0.39, 0.29) is 11.5 Å². The van der Waals surface area contributed by atoms with Crippen LogP contribution in [0.5, 0.6) is 0 Å². The van der Waals surface area contributed by atoms with Crippen LogP contribution < -0.4 is 0 Å². The topological polar surface area (TPSA) is 174 Å². The molecule has 2 aliphatic rings. The zero-order valence-electron chi connectivity index (χ0n) is 11.3. The smallest absolute Gasteiger partial charge is 0.301 e. The van der Waals surface area contributed by atoms with Crippen LogP contribution in [0.1, 0.15) is 0 Å². The second kappa shape index (κ2) is 6.84. The van der Waals surface area contributed by atoms with Gasteiger partial charge >= 0.3 is 10.1 Å². The Labute approximate surface area is 129 Å². The number of rotatable bonds is 5. The average Bonchev–Trinajstić information content (AvgIpc) is 2.88. The molecule has 2 fully saturated rings. The van der Waals surface area contributed by atoms with E-state index in [2.05, 4.69) is 4.33 Å². The summed E-state index contributed by atoms with van der Waals surface area (Å²) in [6.45, 7) is -0.410. The number of hydrogen-bond acceptors (Lipinski definition) is 10. The molecule has 0 spiro atoms. The highest BCUT2D eigenvalue weighted by molar-refractivity contribution is 7.98. The number of ether oxygens (including phenoxy) is 1. The lowest BCUT2D eigenvalue weighted by Gasteiger charge is -2.19. The highest BCUT2D eigenvalue weighted by Gasteiger charge is 2.57. The third kappa shape index (κ3) is 3.26. The van der Waals surface area contributed by atoms with Gasteiger partial charge in [-0.05, 0) is 0 Å². The molecule has 0 aliphatic carbocycles. The molecule has 6 N–H and O–H groups in total. The van der Waals surface area contributed by atoms with E-state index in [1.54, 1.807) is 0 Å². The Morgan fingerprint density at radius 3 is 2.36 bits per heavy atom. The van der Waals surface area contributed by atoms with Gasteiger partial charge < -0.3 is 30.3 Å². The quantitative estimate of drug-likeness (QED) is 0.160. The predicted molar refractivity (Wildman–Crippen MR) is 73.3 cm³/mol. The van der Waals surface area contributed by atoms with Gasteiger partial charge in [0.25, 0.3) is 0 Å². The van der Waals surface area contributed by atoms with Crippen LogP contribution in [-0.2, 0) is 30.1 Å². The van der Waals surface area contributed by atoms with Crippen molar-refractivity contribution in [2.24, 2.45) is 0 Å². The molecule has 2 saturated heterocycles. The molecule has 2 unspecified atom stereocenters.